The number of halogens is 1. The quantitative estimate of drug-likeness (QED) is 0.254. The van der Waals surface area contributed by atoms with Crippen LogP contribution in [-0.2, 0) is 4.79 Å². The van der Waals surface area contributed by atoms with Gasteiger partial charge in [-0.25, -0.2) is 4.98 Å². The number of piperidine rings is 1. The molecule has 1 saturated heterocycles. The topological polar surface area (TPSA) is 73.4 Å². The van der Waals surface area contributed by atoms with Crippen LogP contribution in [0, 0.1) is 19.8 Å². The first-order valence-electron chi connectivity index (χ1n) is 14.0. The first-order chi connectivity index (χ1) is 18.9. The maximum Gasteiger partial charge on any atom is 0.227 e. The number of rotatable bonds is 5. The SMILES string of the molecule is COc1ccc(N2C(=O)CCC[C@H]2c2nc3cc(-c4c(C)noc4C)ccc3n2C2CCC(C)CC2)cc1Cl. The molecule has 0 radical (unpaired) electrons. The first kappa shape index (κ1) is 25.9. The minimum atomic E-state index is -0.176. The minimum absolute atomic E-state index is 0.0970. The molecule has 0 bridgehead atoms. The lowest BCUT2D eigenvalue weighted by molar-refractivity contribution is -0.120. The molecule has 1 aliphatic carbocycles. The summed E-state index contributed by atoms with van der Waals surface area (Å²) in [6.45, 7) is 6.25. The van der Waals surface area contributed by atoms with Crippen LogP contribution in [0.3, 0.4) is 0 Å². The van der Waals surface area contributed by atoms with Crippen molar-refractivity contribution in [2.45, 2.75) is 77.8 Å². The number of methoxy groups -OCH3 is 1. The van der Waals surface area contributed by atoms with Gasteiger partial charge in [-0.05, 0) is 94.2 Å². The van der Waals surface area contributed by atoms with E-state index in [9.17, 15) is 4.79 Å². The number of carbonyl (C=O) groups is 1. The van der Waals surface area contributed by atoms with E-state index in [0.29, 0.717) is 23.2 Å². The third kappa shape index (κ3) is 4.61. The van der Waals surface area contributed by atoms with Gasteiger partial charge in [0.2, 0.25) is 5.91 Å². The summed E-state index contributed by atoms with van der Waals surface area (Å²) in [4.78, 5) is 20.7. The zero-order chi connectivity index (χ0) is 27.3. The molecule has 1 amide bonds. The van der Waals surface area contributed by atoms with Gasteiger partial charge in [-0.15, -0.1) is 0 Å². The Bertz CT molecular complexity index is 1510. The molecule has 2 fully saturated rings. The number of anilines is 1. The van der Waals surface area contributed by atoms with E-state index in [2.05, 4.69) is 34.8 Å². The van der Waals surface area contributed by atoms with Crippen molar-refractivity contribution in [2.24, 2.45) is 5.92 Å². The number of benzene rings is 2. The van der Waals surface area contributed by atoms with E-state index >= 15 is 0 Å². The average Bonchev–Trinajstić information content (AvgIpc) is 3.47. The van der Waals surface area contributed by atoms with Gasteiger partial charge in [0, 0.05) is 23.7 Å². The van der Waals surface area contributed by atoms with Gasteiger partial charge in [0.25, 0.3) is 0 Å². The molecule has 3 heterocycles. The van der Waals surface area contributed by atoms with Crippen LogP contribution < -0.4 is 9.64 Å². The van der Waals surface area contributed by atoms with Gasteiger partial charge in [-0.1, -0.05) is 29.7 Å². The molecule has 4 aromatic rings. The lowest BCUT2D eigenvalue weighted by Crippen LogP contribution is -2.40. The summed E-state index contributed by atoms with van der Waals surface area (Å²) in [5.74, 6) is 3.19. The molecule has 204 valence electrons. The van der Waals surface area contributed by atoms with E-state index in [-0.39, 0.29) is 11.9 Å². The fourth-order valence-electron chi connectivity index (χ4n) is 6.53. The maximum atomic E-state index is 13.5. The molecular weight excluding hydrogens is 512 g/mol. The van der Waals surface area contributed by atoms with Crippen LogP contribution in [0.4, 0.5) is 5.69 Å². The molecular formula is C31H35ClN4O3. The third-order valence-corrected chi connectivity index (χ3v) is 8.84. The largest absolute Gasteiger partial charge is 0.495 e. The number of aromatic nitrogens is 3. The van der Waals surface area contributed by atoms with Crippen LogP contribution in [-0.4, -0.2) is 27.7 Å². The highest BCUT2D eigenvalue weighted by atomic mass is 35.5. The summed E-state index contributed by atoms with van der Waals surface area (Å²) in [6, 6.07) is 12.2. The summed E-state index contributed by atoms with van der Waals surface area (Å²) >= 11 is 6.52. The fourth-order valence-corrected chi connectivity index (χ4v) is 6.78. The summed E-state index contributed by atoms with van der Waals surface area (Å²) in [5.41, 5.74) is 5.77. The summed E-state index contributed by atoms with van der Waals surface area (Å²) in [6.07, 6.45) is 6.81. The van der Waals surface area contributed by atoms with E-state index in [1.165, 1.54) is 12.8 Å². The molecule has 1 saturated carbocycles. The Morgan fingerprint density at radius 3 is 2.54 bits per heavy atom. The maximum absolute atomic E-state index is 13.5. The van der Waals surface area contributed by atoms with Crippen molar-refractivity contribution in [2.75, 3.05) is 12.0 Å². The Balaban J connectivity index is 1.50. The van der Waals surface area contributed by atoms with Crippen LogP contribution in [0.1, 0.15) is 81.2 Å². The molecule has 0 spiro atoms. The fraction of sp³-hybridized carbons (Fsp3) is 0.452. The molecule has 0 N–H and O–H groups in total. The van der Waals surface area contributed by atoms with Gasteiger partial charge in [-0.2, -0.15) is 0 Å². The zero-order valence-electron chi connectivity index (χ0n) is 23.0. The first-order valence-corrected chi connectivity index (χ1v) is 14.3. The molecule has 0 unspecified atom stereocenters. The van der Waals surface area contributed by atoms with Gasteiger partial charge in [0.05, 0.1) is 34.9 Å². The molecule has 39 heavy (non-hydrogen) atoms. The van der Waals surface area contributed by atoms with Crippen LogP contribution in [0.5, 0.6) is 5.75 Å². The molecule has 2 aliphatic rings. The van der Waals surface area contributed by atoms with E-state index in [1.54, 1.807) is 7.11 Å². The number of aryl methyl sites for hydroxylation is 2. The van der Waals surface area contributed by atoms with Gasteiger partial charge in [0.1, 0.15) is 17.3 Å². The van der Waals surface area contributed by atoms with E-state index in [0.717, 1.165) is 76.7 Å². The Kier molecular flexibility index (Phi) is 6.88. The Labute approximate surface area is 234 Å². The summed E-state index contributed by atoms with van der Waals surface area (Å²) < 4.78 is 13.3. The van der Waals surface area contributed by atoms with Crippen molar-refractivity contribution in [1.82, 2.24) is 14.7 Å². The van der Waals surface area contributed by atoms with Crippen molar-refractivity contribution in [3.8, 4) is 16.9 Å². The van der Waals surface area contributed by atoms with Crippen molar-refractivity contribution in [3.63, 3.8) is 0 Å². The van der Waals surface area contributed by atoms with E-state index in [4.69, 9.17) is 25.8 Å². The lowest BCUT2D eigenvalue weighted by atomic mass is 9.87. The second-order valence-electron chi connectivity index (χ2n) is 11.1. The minimum Gasteiger partial charge on any atom is -0.495 e. The number of ether oxygens (including phenoxy) is 1. The molecule has 1 atom stereocenters. The third-order valence-electron chi connectivity index (χ3n) is 8.55. The summed E-state index contributed by atoms with van der Waals surface area (Å²) in [5, 5.41) is 4.65. The van der Waals surface area contributed by atoms with Crippen molar-refractivity contribution in [1.29, 1.82) is 0 Å². The van der Waals surface area contributed by atoms with Crippen molar-refractivity contribution in [3.05, 3.63) is 58.7 Å². The number of hydrogen-bond acceptors (Lipinski definition) is 5. The summed E-state index contributed by atoms with van der Waals surface area (Å²) in [7, 11) is 1.60. The molecule has 2 aromatic carbocycles. The standard InChI is InChI=1S/C31H35ClN4O3/c1-18-8-11-22(12-9-18)36-26-14-10-21(30-19(2)34-39-20(30)3)16-25(26)33-31(36)27-6-5-7-29(37)35(27)23-13-15-28(38-4)24(32)17-23/h10,13-18,22,27H,5-9,11-12H2,1-4H3/t18?,22?,27-/m0/s1. The van der Waals surface area contributed by atoms with Crippen LogP contribution in [0.25, 0.3) is 22.2 Å². The number of carbonyl (C=O) groups excluding carboxylic acids is 1. The zero-order valence-corrected chi connectivity index (χ0v) is 23.8. The highest BCUT2D eigenvalue weighted by molar-refractivity contribution is 6.32. The highest BCUT2D eigenvalue weighted by Gasteiger charge is 2.36. The van der Waals surface area contributed by atoms with Crippen LogP contribution in [0.2, 0.25) is 5.02 Å². The second kappa shape index (κ2) is 10.3. The normalized spacial score (nSPS) is 22.0. The van der Waals surface area contributed by atoms with Gasteiger partial charge in [-0.3, -0.25) is 4.79 Å². The lowest BCUT2D eigenvalue weighted by Gasteiger charge is -2.37. The monoisotopic (exact) mass is 546 g/mol. The molecule has 2 aromatic heterocycles. The number of fused-ring (bicyclic) bond motifs is 1. The molecule has 1 aliphatic heterocycles. The Morgan fingerprint density at radius 1 is 1.05 bits per heavy atom. The van der Waals surface area contributed by atoms with Gasteiger partial charge < -0.3 is 18.7 Å². The number of imidazole rings is 1. The number of amides is 1. The predicted octanol–water partition coefficient (Wildman–Crippen LogP) is 7.98. The molecule has 8 heteroatoms. The molecule has 7 nitrogen and oxygen atoms in total. The highest BCUT2D eigenvalue weighted by Crippen LogP contribution is 2.43. The predicted molar refractivity (Wildman–Crippen MR) is 153 cm³/mol. The Morgan fingerprint density at radius 2 is 1.85 bits per heavy atom. The number of nitrogens with zero attached hydrogens (tertiary/aromatic N) is 4. The van der Waals surface area contributed by atoms with Crippen LogP contribution in [0.15, 0.2) is 40.9 Å². The number of hydrogen-bond donors (Lipinski definition) is 0. The van der Waals surface area contributed by atoms with Crippen molar-refractivity contribution < 1.29 is 14.1 Å². The van der Waals surface area contributed by atoms with Gasteiger partial charge >= 0.3 is 0 Å². The second-order valence-corrected chi connectivity index (χ2v) is 11.6. The van der Waals surface area contributed by atoms with Crippen molar-refractivity contribution >= 4 is 34.2 Å². The van der Waals surface area contributed by atoms with Gasteiger partial charge in [0.15, 0.2) is 0 Å². The average molecular weight is 547 g/mol. The smallest absolute Gasteiger partial charge is 0.227 e. The van der Waals surface area contributed by atoms with E-state index in [1.807, 2.05) is 36.9 Å². The molecule has 6 rings (SSSR count). The Hall–Kier alpha value is -3.32. The van der Waals surface area contributed by atoms with Crippen LogP contribution >= 0.6 is 11.6 Å². The van der Waals surface area contributed by atoms with E-state index < -0.39 is 0 Å².